The maximum atomic E-state index is 4.02. The van der Waals surface area contributed by atoms with Gasteiger partial charge in [-0.15, -0.1) is 22.7 Å². The zero-order chi connectivity index (χ0) is 30.9. The smallest absolute Gasteiger partial charge is 0.0468 e. The molecule has 0 saturated heterocycles. The third-order valence-corrected chi connectivity index (χ3v) is 10.8. The van der Waals surface area contributed by atoms with Gasteiger partial charge in [0.05, 0.1) is 0 Å². The normalized spacial score (nSPS) is 12.3. The summed E-state index contributed by atoms with van der Waals surface area (Å²) in [6.07, 6.45) is 7.29. The molecule has 46 heavy (non-hydrogen) atoms. The second kappa shape index (κ2) is 12.3. The van der Waals surface area contributed by atoms with E-state index in [2.05, 4.69) is 169 Å². The number of rotatable bonds is 7. The van der Waals surface area contributed by atoms with Gasteiger partial charge in [0.25, 0.3) is 0 Å². The van der Waals surface area contributed by atoms with Gasteiger partial charge in [0, 0.05) is 51.9 Å². The Hall–Kier alpha value is -5.22. The van der Waals surface area contributed by atoms with Crippen LogP contribution in [0.2, 0.25) is 0 Å². The van der Waals surface area contributed by atoms with Crippen molar-refractivity contribution < 1.29 is 0 Å². The van der Waals surface area contributed by atoms with Crippen LogP contribution >= 0.6 is 22.7 Å². The molecular weight excluding hydrogens is 595 g/mol. The average molecular weight is 626 g/mol. The molecule has 0 spiro atoms. The topological polar surface area (TPSA) is 3.24 Å². The predicted octanol–water partition coefficient (Wildman–Crippen LogP) is 11.4. The SMILES string of the molecule is C=C/C=c1/sc2ccc(N(c3ccccc3)c3ccccc3)cc2/c1=C/Cc1ccc2c(c1)sc1c(-c3ccccc3)cccc12. The lowest BCUT2D eigenvalue weighted by atomic mass is 10.0. The molecule has 6 aromatic carbocycles. The maximum absolute atomic E-state index is 4.02. The number of nitrogens with zero attached hydrogens (tertiary/aromatic N) is 1. The van der Waals surface area contributed by atoms with Crippen LogP contribution in [0, 0.1) is 0 Å². The molecule has 0 saturated carbocycles. The van der Waals surface area contributed by atoms with Gasteiger partial charge in [0.15, 0.2) is 0 Å². The quantitative estimate of drug-likeness (QED) is 0.170. The van der Waals surface area contributed by atoms with Crippen LogP contribution in [0.25, 0.3) is 53.5 Å². The van der Waals surface area contributed by atoms with E-state index in [1.54, 1.807) is 0 Å². The lowest BCUT2D eigenvalue weighted by molar-refractivity contribution is 1.29. The molecule has 0 radical (unpaired) electrons. The molecule has 0 atom stereocenters. The summed E-state index contributed by atoms with van der Waals surface area (Å²) in [6.45, 7) is 4.02. The van der Waals surface area contributed by atoms with Crippen molar-refractivity contribution in [1.29, 1.82) is 0 Å². The number of fused-ring (bicyclic) bond motifs is 4. The Balaban J connectivity index is 1.22. The zero-order valence-corrected chi connectivity index (χ0v) is 26.9. The molecule has 0 aliphatic carbocycles. The molecule has 0 bridgehead atoms. The Bertz CT molecular complexity index is 2410. The number of hydrogen-bond acceptors (Lipinski definition) is 3. The minimum Gasteiger partial charge on any atom is -0.310 e. The van der Waals surface area contributed by atoms with E-state index in [-0.39, 0.29) is 0 Å². The van der Waals surface area contributed by atoms with Gasteiger partial charge in [-0.05, 0) is 82.9 Å². The van der Waals surface area contributed by atoms with Gasteiger partial charge in [0.1, 0.15) is 0 Å². The first kappa shape index (κ1) is 28.3. The van der Waals surface area contributed by atoms with E-state index in [9.17, 15) is 0 Å². The van der Waals surface area contributed by atoms with Gasteiger partial charge >= 0.3 is 0 Å². The molecule has 2 heterocycles. The van der Waals surface area contributed by atoms with Crippen LogP contribution < -0.4 is 14.7 Å². The second-order valence-corrected chi connectivity index (χ2v) is 13.5. The molecule has 8 rings (SSSR count). The maximum Gasteiger partial charge on any atom is 0.0468 e. The van der Waals surface area contributed by atoms with E-state index in [0.29, 0.717) is 0 Å². The third-order valence-electron chi connectivity index (χ3n) is 8.48. The number of thiophene rings is 2. The van der Waals surface area contributed by atoms with Crippen LogP contribution in [0.3, 0.4) is 0 Å². The Kier molecular flexibility index (Phi) is 7.55. The number of para-hydroxylation sites is 2. The second-order valence-electron chi connectivity index (χ2n) is 11.4. The van der Waals surface area contributed by atoms with E-state index in [4.69, 9.17) is 0 Å². The van der Waals surface area contributed by atoms with Gasteiger partial charge in [-0.1, -0.05) is 116 Å². The van der Waals surface area contributed by atoms with Crippen LogP contribution in [0.15, 0.2) is 158 Å². The third kappa shape index (κ3) is 5.24. The van der Waals surface area contributed by atoms with Gasteiger partial charge in [-0.25, -0.2) is 0 Å². The fourth-order valence-electron chi connectivity index (χ4n) is 6.34. The molecule has 3 heteroatoms. The molecule has 8 aromatic rings. The molecule has 0 amide bonds. The molecule has 0 fully saturated rings. The summed E-state index contributed by atoms with van der Waals surface area (Å²) in [5.41, 5.74) is 7.30. The summed E-state index contributed by atoms with van der Waals surface area (Å²) in [4.78, 5) is 2.33. The van der Waals surface area contributed by atoms with E-state index in [0.717, 1.165) is 23.5 Å². The van der Waals surface area contributed by atoms with Crippen molar-refractivity contribution in [2.45, 2.75) is 6.42 Å². The van der Waals surface area contributed by atoms with Gasteiger partial charge in [-0.3, -0.25) is 0 Å². The fourth-order valence-corrected chi connectivity index (χ4v) is 8.76. The summed E-state index contributed by atoms with van der Waals surface area (Å²) < 4.78 is 5.20. The lowest BCUT2D eigenvalue weighted by Gasteiger charge is -2.25. The highest BCUT2D eigenvalue weighted by molar-refractivity contribution is 7.26. The Morgan fingerprint density at radius 3 is 2.00 bits per heavy atom. The van der Waals surface area contributed by atoms with E-state index >= 15 is 0 Å². The molecule has 0 unspecified atom stereocenters. The van der Waals surface area contributed by atoms with Crippen molar-refractivity contribution >= 4 is 82.1 Å². The Labute approximate surface area is 277 Å². The number of allylic oxidation sites excluding steroid dienone is 1. The summed E-state index contributed by atoms with van der Waals surface area (Å²) in [5.74, 6) is 0. The first-order valence-corrected chi connectivity index (χ1v) is 17.2. The first-order chi connectivity index (χ1) is 22.8. The van der Waals surface area contributed by atoms with E-state index in [1.165, 1.54) is 56.7 Å². The van der Waals surface area contributed by atoms with Gasteiger partial charge < -0.3 is 4.90 Å². The highest BCUT2D eigenvalue weighted by Gasteiger charge is 2.14. The molecule has 1 nitrogen and oxygen atoms in total. The molecule has 0 aliphatic heterocycles. The van der Waals surface area contributed by atoms with E-state index < -0.39 is 0 Å². The Morgan fingerprint density at radius 2 is 1.28 bits per heavy atom. The largest absolute Gasteiger partial charge is 0.310 e. The minimum absolute atomic E-state index is 0.852. The van der Waals surface area contributed by atoms with Gasteiger partial charge in [0.2, 0.25) is 0 Å². The van der Waals surface area contributed by atoms with Crippen LogP contribution in [-0.2, 0) is 6.42 Å². The van der Waals surface area contributed by atoms with Crippen LogP contribution in [-0.4, -0.2) is 0 Å². The van der Waals surface area contributed by atoms with Crippen LogP contribution in [0.4, 0.5) is 17.1 Å². The van der Waals surface area contributed by atoms with Crippen molar-refractivity contribution in [3.63, 3.8) is 0 Å². The fraction of sp³-hybridized carbons (Fsp3) is 0.0233. The Morgan fingerprint density at radius 1 is 0.565 bits per heavy atom. The number of benzene rings is 6. The van der Waals surface area contributed by atoms with Crippen molar-refractivity contribution in [3.05, 3.63) is 174 Å². The highest BCUT2D eigenvalue weighted by Crippen LogP contribution is 2.40. The van der Waals surface area contributed by atoms with E-state index in [1.807, 2.05) is 28.7 Å². The van der Waals surface area contributed by atoms with Gasteiger partial charge in [-0.2, -0.15) is 0 Å². The minimum atomic E-state index is 0.852. The first-order valence-electron chi connectivity index (χ1n) is 15.5. The molecule has 0 N–H and O–H groups in total. The van der Waals surface area contributed by atoms with Crippen molar-refractivity contribution in [2.75, 3.05) is 4.90 Å². The molecule has 0 aliphatic rings. The molecular formula is C43H31NS2. The summed E-state index contributed by atoms with van der Waals surface area (Å²) in [7, 11) is 0. The highest BCUT2D eigenvalue weighted by atomic mass is 32.1. The average Bonchev–Trinajstić information content (AvgIpc) is 3.66. The van der Waals surface area contributed by atoms with Crippen molar-refractivity contribution in [1.82, 2.24) is 0 Å². The summed E-state index contributed by atoms with van der Waals surface area (Å²) in [5, 5.41) is 5.20. The van der Waals surface area contributed by atoms with Crippen molar-refractivity contribution in [2.24, 2.45) is 0 Å². The molecule has 220 valence electrons. The standard InChI is InChI=1S/C43H31NS2/c1-2-13-40-37(39-29-34(24-27-41(39)45-40)44(32-16-8-4-9-17-32)33-18-10-5-11-19-33)26-23-30-22-25-36-38-21-12-20-35(31-14-6-3-7-15-31)43(38)46-42(36)28-30/h2-22,24-29H,1,23H2/b37-26-,40-13+. The number of hydrogen-bond donors (Lipinski definition) is 0. The summed E-state index contributed by atoms with van der Waals surface area (Å²) in [6, 6.07) is 52.4. The lowest BCUT2D eigenvalue weighted by Crippen LogP contribution is -2.19. The number of anilines is 3. The monoisotopic (exact) mass is 625 g/mol. The predicted molar refractivity (Wildman–Crippen MR) is 203 cm³/mol. The van der Waals surface area contributed by atoms with Crippen LogP contribution in [0.5, 0.6) is 0 Å². The molecule has 2 aromatic heterocycles. The summed E-state index contributed by atoms with van der Waals surface area (Å²) >= 11 is 3.72. The zero-order valence-electron chi connectivity index (χ0n) is 25.3. The van der Waals surface area contributed by atoms with Crippen LogP contribution in [0.1, 0.15) is 5.56 Å². The van der Waals surface area contributed by atoms with Crippen molar-refractivity contribution in [3.8, 4) is 11.1 Å².